The van der Waals surface area contributed by atoms with Gasteiger partial charge in [0.15, 0.2) is 0 Å². The number of imidazole rings is 1. The van der Waals surface area contributed by atoms with Gasteiger partial charge in [0.2, 0.25) is 0 Å². The molecular formula is C26H28N2O3. The van der Waals surface area contributed by atoms with Crippen molar-refractivity contribution in [2.45, 2.75) is 32.9 Å². The maximum atomic E-state index is 6.00. The maximum Gasteiger partial charge on any atom is 0.147 e. The van der Waals surface area contributed by atoms with Crippen molar-refractivity contribution in [2.24, 2.45) is 0 Å². The summed E-state index contributed by atoms with van der Waals surface area (Å²) < 4.78 is 19.4. The molecule has 3 aromatic carbocycles. The lowest BCUT2D eigenvalue weighted by atomic mass is 10.2. The highest BCUT2D eigenvalue weighted by molar-refractivity contribution is 5.75. The van der Waals surface area contributed by atoms with Gasteiger partial charge in [-0.15, -0.1) is 0 Å². The van der Waals surface area contributed by atoms with Crippen LogP contribution in [0.2, 0.25) is 0 Å². The van der Waals surface area contributed by atoms with Crippen molar-refractivity contribution in [1.82, 2.24) is 9.55 Å². The van der Waals surface area contributed by atoms with Crippen LogP contribution in [0.4, 0.5) is 0 Å². The highest BCUT2D eigenvalue weighted by atomic mass is 16.5. The standard InChI is InChI=1S/C26H28N2O3/c1-20-12-14-21(15-13-20)31-19-26-27-24-10-3-4-11-25(24)28(26)16-5-6-17-30-23-9-7-8-22(18-23)29-2/h3-4,7-15,18H,5-6,16-17,19H2,1-2H3. The Morgan fingerprint density at radius 1 is 0.806 bits per heavy atom. The number of fused-ring (bicyclic) bond motifs is 1. The Labute approximate surface area is 183 Å². The van der Waals surface area contributed by atoms with E-state index in [4.69, 9.17) is 19.2 Å². The lowest BCUT2D eigenvalue weighted by Crippen LogP contribution is -2.09. The molecule has 5 nitrogen and oxygen atoms in total. The highest BCUT2D eigenvalue weighted by Gasteiger charge is 2.11. The predicted octanol–water partition coefficient (Wildman–Crippen LogP) is 5.79. The van der Waals surface area contributed by atoms with E-state index in [1.807, 2.05) is 48.5 Å². The lowest BCUT2D eigenvalue weighted by Gasteiger charge is -2.11. The molecule has 1 heterocycles. The van der Waals surface area contributed by atoms with E-state index in [2.05, 4.69) is 35.8 Å². The van der Waals surface area contributed by atoms with Crippen LogP contribution in [0, 0.1) is 6.92 Å². The van der Waals surface area contributed by atoms with E-state index in [0.29, 0.717) is 13.2 Å². The number of aromatic nitrogens is 2. The number of ether oxygens (including phenoxy) is 3. The van der Waals surface area contributed by atoms with Crippen LogP contribution in [0.15, 0.2) is 72.8 Å². The number of benzene rings is 3. The summed E-state index contributed by atoms with van der Waals surface area (Å²) in [6.45, 7) is 4.04. The van der Waals surface area contributed by atoms with E-state index >= 15 is 0 Å². The SMILES string of the molecule is COc1cccc(OCCCCn2c(COc3ccc(C)cc3)nc3ccccc32)c1. The molecule has 0 saturated carbocycles. The third-order valence-electron chi connectivity index (χ3n) is 5.21. The molecule has 160 valence electrons. The average Bonchev–Trinajstić information content (AvgIpc) is 3.16. The minimum Gasteiger partial charge on any atom is -0.497 e. The largest absolute Gasteiger partial charge is 0.497 e. The quantitative estimate of drug-likeness (QED) is 0.307. The first-order valence-electron chi connectivity index (χ1n) is 10.6. The molecule has 0 aliphatic carbocycles. The molecule has 4 rings (SSSR count). The topological polar surface area (TPSA) is 45.5 Å². The summed E-state index contributed by atoms with van der Waals surface area (Å²) in [7, 11) is 1.66. The smallest absolute Gasteiger partial charge is 0.147 e. The Kier molecular flexibility index (Phi) is 6.72. The summed E-state index contributed by atoms with van der Waals surface area (Å²) in [5.74, 6) is 3.44. The normalized spacial score (nSPS) is 10.9. The minimum absolute atomic E-state index is 0.443. The zero-order valence-corrected chi connectivity index (χ0v) is 18.1. The van der Waals surface area contributed by atoms with Crippen molar-refractivity contribution >= 4 is 11.0 Å². The van der Waals surface area contributed by atoms with E-state index < -0.39 is 0 Å². The highest BCUT2D eigenvalue weighted by Crippen LogP contribution is 2.21. The summed E-state index contributed by atoms with van der Waals surface area (Å²) in [5, 5.41) is 0. The van der Waals surface area contributed by atoms with E-state index in [-0.39, 0.29) is 0 Å². The summed E-state index contributed by atoms with van der Waals surface area (Å²) in [5.41, 5.74) is 3.35. The summed E-state index contributed by atoms with van der Waals surface area (Å²) in [6, 6.07) is 24.1. The van der Waals surface area contributed by atoms with Crippen molar-refractivity contribution < 1.29 is 14.2 Å². The Hall–Kier alpha value is -3.47. The number of hydrogen-bond acceptors (Lipinski definition) is 4. The Balaban J connectivity index is 1.36. The Morgan fingerprint density at radius 2 is 1.61 bits per heavy atom. The van der Waals surface area contributed by atoms with Crippen molar-refractivity contribution in [3.05, 3.63) is 84.2 Å². The van der Waals surface area contributed by atoms with Gasteiger partial charge in [-0.3, -0.25) is 0 Å². The lowest BCUT2D eigenvalue weighted by molar-refractivity contribution is 0.284. The van der Waals surface area contributed by atoms with Gasteiger partial charge in [0.05, 0.1) is 24.8 Å². The van der Waals surface area contributed by atoms with Gasteiger partial charge in [-0.1, -0.05) is 35.9 Å². The third-order valence-corrected chi connectivity index (χ3v) is 5.21. The fourth-order valence-electron chi connectivity index (χ4n) is 3.52. The van der Waals surface area contributed by atoms with Crippen molar-refractivity contribution in [3.63, 3.8) is 0 Å². The summed E-state index contributed by atoms with van der Waals surface area (Å²) in [6.07, 6.45) is 1.93. The fourth-order valence-corrected chi connectivity index (χ4v) is 3.52. The van der Waals surface area contributed by atoms with Crippen molar-refractivity contribution in [3.8, 4) is 17.2 Å². The number of unbranched alkanes of at least 4 members (excludes halogenated alkanes) is 1. The maximum absolute atomic E-state index is 6.00. The number of aryl methyl sites for hydroxylation is 2. The summed E-state index contributed by atoms with van der Waals surface area (Å²) >= 11 is 0. The first kappa shape index (κ1) is 20.8. The van der Waals surface area contributed by atoms with E-state index in [1.54, 1.807) is 7.11 Å². The molecule has 0 spiro atoms. The molecule has 0 N–H and O–H groups in total. The molecule has 0 aliphatic rings. The van der Waals surface area contributed by atoms with E-state index in [0.717, 1.165) is 53.5 Å². The fraction of sp³-hybridized carbons (Fsp3) is 0.269. The van der Waals surface area contributed by atoms with Crippen LogP contribution in [0.25, 0.3) is 11.0 Å². The van der Waals surface area contributed by atoms with Gasteiger partial charge in [-0.25, -0.2) is 4.98 Å². The molecule has 0 atom stereocenters. The van der Waals surface area contributed by atoms with Crippen LogP contribution in [0.3, 0.4) is 0 Å². The summed E-state index contributed by atoms with van der Waals surface area (Å²) in [4.78, 5) is 4.80. The second-order valence-corrected chi connectivity index (χ2v) is 7.50. The van der Waals surface area contributed by atoms with Crippen LogP contribution in [0.5, 0.6) is 17.2 Å². The predicted molar refractivity (Wildman–Crippen MR) is 123 cm³/mol. The molecule has 0 aliphatic heterocycles. The van der Waals surface area contributed by atoms with E-state index in [9.17, 15) is 0 Å². The van der Waals surface area contributed by atoms with Crippen molar-refractivity contribution in [2.75, 3.05) is 13.7 Å². The van der Waals surface area contributed by atoms with Gasteiger partial charge in [-0.2, -0.15) is 0 Å². The molecule has 5 heteroatoms. The van der Waals surface area contributed by atoms with Gasteiger partial charge in [0, 0.05) is 12.6 Å². The third kappa shape index (κ3) is 5.37. The van der Waals surface area contributed by atoms with Crippen molar-refractivity contribution in [1.29, 1.82) is 0 Å². The number of nitrogens with zero attached hydrogens (tertiary/aromatic N) is 2. The minimum atomic E-state index is 0.443. The molecular weight excluding hydrogens is 388 g/mol. The molecule has 0 bridgehead atoms. The van der Waals surface area contributed by atoms with Gasteiger partial charge in [-0.05, 0) is 56.2 Å². The number of methoxy groups -OCH3 is 1. The molecule has 31 heavy (non-hydrogen) atoms. The van der Waals surface area contributed by atoms with E-state index in [1.165, 1.54) is 5.56 Å². The average molecular weight is 417 g/mol. The molecule has 4 aromatic rings. The van der Waals surface area contributed by atoms with Gasteiger partial charge in [0.1, 0.15) is 29.7 Å². The number of rotatable bonds is 10. The molecule has 0 amide bonds. The molecule has 0 saturated heterocycles. The Bertz CT molecular complexity index is 1120. The monoisotopic (exact) mass is 416 g/mol. The van der Waals surface area contributed by atoms with Crippen LogP contribution in [0.1, 0.15) is 24.2 Å². The first-order chi connectivity index (χ1) is 15.2. The second-order valence-electron chi connectivity index (χ2n) is 7.50. The van der Waals surface area contributed by atoms with Crippen LogP contribution in [-0.2, 0) is 13.2 Å². The van der Waals surface area contributed by atoms with Gasteiger partial charge in [0.25, 0.3) is 0 Å². The molecule has 1 aromatic heterocycles. The van der Waals surface area contributed by atoms with Crippen LogP contribution >= 0.6 is 0 Å². The first-order valence-corrected chi connectivity index (χ1v) is 10.6. The zero-order valence-electron chi connectivity index (χ0n) is 18.1. The van der Waals surface area contributed by atoms with Gasteiger partial charge >= 0.3 is 0 Å². The molecule has 0 unspecified atom stereocenters. The van der Waals surface area contributed by atoms with Gasteiger partial charge < -0.3 is 18.8 Å². The van der Waals surface area contributed by atoms with Crippen LogP contribution in [-0.4, -0.2) is 23.3 Å². The number of hydrogen-bond donors (Lipinski definition) is 0. The zero-order chi connectivity index (χ0) is 21.5. The molecule has 0 fully saturated rings. The Morgan fingerprint density at radius 3 is 2.45 bits per heavy atom. The number of para-hydroxylation sites is 2. The second kappa shape index (κ2) is 10.0. The van der Waals surface area contributed by atoms with Crippen LogP contribution < -0.4 is 14.2 Å². The molecule has 0 radical (unpaired) electrons.